The number of hydrogen-bond acceptors (Lipinski definition) is 3. The van der Waals surface area contributed by atoms with Crippen LogP contribution >= 0.6 is 0 Å². The highest BCUT2D eigenvalue weighted by molar-refractivity contribution is 5.36. The molecule has 0 aliphatic carbocycles. The summed E-state index contributed by atoms with van der Waals surface area (Å²) in [6.45, 7) is 4.79. The van der Waals surface area contributed by atoms with Crippen LogP contribution in [-0.4, -0.2) is 37.6 Å². The predicted molar refractivity (Wildman–Crippen MR) is 46.9 cm³/mol. The van der Waals surface area contributed by atoms with E-state index in [4.69, 9.17) is 0 Å². The lowest BCUT2D eigenvalue weighted by Gasteiger charge is -2.13. The second-order valence-corrected chi connectivity index (χ2v) is 3.22. The van der Waals surface area contributed by atoms with Crippen LogP contribution < -0.4 is 0 Å². The Morgan fingerprint density at radius 3 is 2.67 bits per heavy atom. The van der Waals surface area contributed by atoms with E-state index in [1.807, 2.05) is 0 Å². The molecule has 0 aromatic carbocycles. The van der Waals surface area contributed by atoms with E-state index in [1.165, 1.54) is 32.5 Å². The lowest BCUT2D eigenvalue weighted by atomic mass is 10.3. The van der Waals surface area contributed by atoms with E-state index in [0.29, 0.717) is 13.1 Å². The highest BCUT2D eigenvalue weighted by Crippen LogP contribution is 2.07. The van der Waals surface area contributed by atoms with Crippen LogP contribution in [0.25, 0.3) is 0 Å². The van der Waals surface area contributed by atoms with Gasteiger partial charge in [0.1, 0.15) is 0 Å². The molecular weight excluding hydrogens is 154 g/mol. The van der Waals surface area contributed by atoms with Gasteiger partial charge in [-0.15, -0.1) is 0 Å². The minimum atomic E-state index is 0.524. The lowest BCUT2D eigenvalue weighted by molar-refractivity contribution is -0.128. The Hall–Kier alpha value is -0.570. The Bertz CT molecular complexity index is 122. The summed E-state index contributed by atoms with van der Waals surface area (Å²) in [6, 6.07) is 0. The van der Waals surface area contributed by atoms with Crippen LogP contribution in [0.15, 0.2) is 0 Å². The van der Waals surface area contributed by atoms with Crippen LogP contribution in [0.3, 0.4) is 0 Å². The fraction of sp³-hybridized carbons (Fsp3) is 0.889. The Labute approximate surface area is 73.7 Å². The predicted octanol–water partition coefficient (Wildman–Crippen LogP) is 1.04. The Morgan fingerprint density at radius 1 is 1.25 bits per heavy atom. The zero-order valence-electron chi connectivity index (χ0n) is 7.50. The van der Waals surface area contributed by atoms with Gasteiger partial charge >= 0.3 is 0 Å². The molecule has 0 aromatic heterocycles. The molecule has 0 aromatic rings. The molecular formula is C9H17NO2. The summed E-state index contributed by atoms with van der Waals surface area (Å²) >= 11 is 0. The standard InChI is InChI=1S/C9H17NO2/c11-9-12-8-4-3-7-10-5-1-2-6-10/h9H,1-8H2. The average Bonchev–Trinajstić information content (AvgIpc) is 2.57. The minimum absolute atomic E-state index is 0.524. The highest BCUT2D eigenvalue weighted by atomic mass is 16.5. The molecule has 70 valence electrons. The number of carbonyl (C=O) groups excluding carboxylic acids is 1. The molecule has 0 saturated carbocycles. The summed E-state index contributed by atoms with van der Waals surface area (Å²) in [6.07, 6.45) is 4.85. The molecule has 0 unspecified atom stereocenters. The van der Waals surface area contributed by atoms with Gasteiger partial charge in [-0.2, -0.15) is 0 Å². The summed E-state index contributed by atoms with van der Waals surface area (Å²) in [5, 5.41) is 0. The molecule has 0 N–H and O–H groups in total. The minimum Gasteiger partial charge on any atom is -0.468 e. The number of carbonyl (C=O) groups is 1. The molecule has 0 radical (unpaired) electrons. The number of unbranched alkanes of at least 4 members (excludes halogenated alkanes) is 1. The Kier molecular flexibility index (Phi) is 4.76. The average molecular weight is 171 g/mol. The van der Waals surface area contributed by atoms with E-state index in [2.05, 4.69) is 9.64 Å². The molecule has 0 bridgehead atoms. The molecule has 0 atom stereocenters. The first-order valence-corrected chi connectivity index (χ1v) is 4.71. The second-order valence-electron chi connectivity index (χ2n) is 3.22. The van der Waals surface area contributed by atoms with Crippen molar-refractivity contribution >= 4 is 6.47 Å². The van der Waals surface area contributed by atoms with Crippen LogP contribution in [0.4, 0.5) is 0 Å². The first-order valence-electron chi connectivity index (χ1n) is 4.71. The molecule has 1 saturated heterocycles. The zero-order valence-corrected chi connectivity index (χ0v) is 7.50. The summed E-state index contributed by atoms with van der Waals surface area (Å²) in [5.74, 6) is 0. The van der Waals surface area contributed by atoms with Crippen molar-refractivity contribution in [3.8, 4) is 0 Å². The van der Waals surface area contributed by atoms with E-state index in [-0.39, 0.29) is 0 Å². The first-order chi connectivity index (χ1) is 5.93. The monoisotopic (exact) mass is 171 g/mol. The van der Waals surface area contributed by atoms with Crippen molar-refractivity contribution in [3.63, 3.8) is 0 Å². The smallest absolute Gasteiger partial charge is 0.293 e. The number of ether oxygens (including phenoxy) is 1. The van der Waals surface area contributed by atoms with E-state index in [9.17, 15) is 4.79 Å². The molecule has 3 nitrogen and oxygen atoms in total. The molecule has 0 spiro atoms. The van der Waals surface area contributed by atoms with Gasteiger partial charge in [-0.3, -0.25) is 4.79 Å². The van der Waals surface area contributed by atoms with Crippen molar-refractivity contribution in [2.24, 2.45) is 0 Å². The molecule has 12 heavy (non-hydrogen) atoms. The first kappa shape index (κ1) is 9.52. The van der Waals surface area contributed by atoms with Gasteiger partial charge < -0.3 is 9.64 Å². The van der Waals surface area contributed by atoms with Gasteiger partial charge in [0.15, 0.2) is 0 Å². The molecule has 1 rings (SSSR count). The van der Waals surface area contributed by atoms with E-state index >= 15 is 0 Å². The van der Waals surface area contributed by atoms with Crippen LogP contribution in [0.1, 0.15) is 25.7 Å². The molecule has 3 heteroatoms. The van der Waals surface area contributed by atoms with Crippen molar-refractivity contribution in [3.05, 3.63) is 0 Å². The maximum atomic E-state index is 9.79. The molecule has 1 aliphatic heterocycles. The Balaban J connectivity index is 1.84. The summed E-state index contributed by atoms with van der Waals surface area (Å²) in [5.41, 5.74) is 0. The number of likely N-dealkylation sites (tertiary alicyclic amines) is 1. The topological polar surface area (TPSA) is 29.5 Å². The summed E-state index contributed by atoms with van der Waals surface area (Å²) < 4.78 is 4.60. The number of hydrogen-bond donors (Lipinski definition) is 0. The normalized spacial score (nSPS) is 18.0. The number of rotatable bonds is 6. The third-order valence-electron chi connectivity index (χ3n) is 2.25. The summed E-state index contributed by atoms with van der Waals surface area (Å²) in [4.78, 5) is 12.3. The third-order valence-corrected chi connectivity index (χ3v) is 2.25. The summed E-state index contributed by atoms with van der Waals surface area (Å²) in [7, 11) is 0. The maximum Gasteiger partial charge on any atom is 0.293 e. The van der Waals surface area contributed by atoms with Gasteiger partial charge in [0.05, 0.1) is 6.61 Å². The van der Waals surface area contributed by atoms with Crippen molar-refractivity contribution in [1.82, 2.24) is 4.90 Å². The molecule has 0 amide bonds. The second kappa shape index (κ2) is 6.00. The van der Waals surface area contributed by atoms with Crippen molar-refractivity contribution in [1.29, 1.82) is 0 Å². The van der Waals surface area contributed by atoms with Gasteiger partial charge in [-0.1, -0.05) is 0 Å². The van der Waals surface area contributed by atoms with Crippen LogP contribution in [0.2, 0.25) is 0 Å². The molecule has 1 fully saturated rings. The SMILES string of the molecule is O=COCCCCN1CCCC1. The third kappa shape index (κ3) is 3.72. The van der Waals surface area contributed by atoms with Crippen molar-refractivity contribution < 1.29 is 9.53 Å². The molecule has 1 aliphatic rings. The van der Waals surface area contributed by atoms with E-state index in [0.717, 1.165) is 12.8 Å². The quantitative estimate of drug-likeness (QED) is 0.441. The fourth-order valence-corrected chi connectivity index (χ4v) is 1.58. The van der Waals surface area contributed by atoms with Crippen molar-refractivity contribution in [2.45, 2.75) is 25.7 Å². The van der Waals surface area contributed by atoms with E-state index < -0.39 is 0 Å². The zero-order chi connectivity index (χ0) is 8.65. The van der Waals surface area contributed by atoms with Gasteiger partial charge in [0.25, 0.3) is 6.47 Å². The van der Waals surface area contributed by atoms with Crippen LogP contribution in [0, 0.1) is 0 Å². The fourth-order valence-electron chi connectivity index (χ4n) is 1.58. The largest absolute Gasteiger partial charge is 0.468 e. The van der Waals surface area contributed by atoms with Crippen LogP contribution in [-0.2, 0) is 9.53 Å². The Morgan fingerprint density at radius 2 is 2.00 bits per heavy atom. The molecule has 1 heterocycles. The maximum absolute atomic E-state index is 9.79. The van der Waals surface area contributed by atoms with E-state index in [1.54, 1.807) is 0 Å². The van der Waals surface area contributed by atoms with Crippen LogP contribution in [0.5, 0.6) is 0 Å². The van der Waals surface area contributed by atoms with Gasteiger partial charge in [-0.05, 0) is 45.3 Å². The number of nitrogens with zero attached hydrogens (tertiary/aromatic N) is 1. The van der Waals surface area contributed by atoms with Crippen molar-refractivity contribution in [2.75, 3.05) is 26.2 Å². The lowest BCUT2D eigenvalue weighted by Crippen LogP contribution is -2.20. The van der Waals surface area contributed by atoms with Gasteiger partial charge in [0.2, 0.25) is 0 Å². The highest BCUT2D eigenvalue weighted by Gasteiger charge is 2.09. The van der Waals surface area contributed by atoms with Gasteiger partial charge in [0, 0.05) is 0 Å². The van der Waals surface area contributed by atoms with Gasteiger partial charge in [-0.25, -0.2) is 0 Å².